The summed E-state index contributed by atoms with van der Waals surface area (Å²) in [4.78, 5) is 14.6. The Morgan fingerprint density at radius 3 is 2.36 bits per heavy atom. The third-order valence-electron chi connectivity index (χ3n) is 3.93. The SMILES string of the molecule is CCCC(O)C(C(=O)OCCN(CC)CC)c1ccccc1. The summed E-state index contributed by atoms with van der Waals surface area (Å²) < 4.78 is 5.42. The van der Waals surface area contributed by atoms with Gasteiger partial charge in [-0.2, -0.15) is 0 Å². The van der Waals surface area contributed by atoms with E-state index in [0.29, 0.717) is 13.0 Å². The van der Waals surface area contributed by atoms with Gasteiger partial charge in [-0.05, 0) is 25.1 Å². The summed E-state index contributed by atoms with van der Waals surface area (Å²) in [6, 6.07) is 9.40. The van der Waals surface area contributed by atoms with Gasteiger partial charge in [0.1, 0.15) is 12.5 Å². The minimum Gasteiger partial charge on any atom is -0.464 e. The van der Waals surface area contributed by atoms with Crippen LogP contribution in [-0.2, 0) is 9.53 Å². The van der Waals surface area contributed by atoms with Gasteiger partial charge in [0.05, 0.1) is 6.10 Å². The Morgan fingerprint density at radius 2 is 1.82 bits per heavy atom. The summed E-state index contributed by atoms with van der Waals surface area (Å²) in [5.41, 5.74) is 0.816. The van der Waals surface area contributed by atoms with Gasteiger partial charge in [-0.15, -0.1) is 0 Å². The summed E-state index contributed by atoms with van der Waals surface area (Å²) in [7, 11) is 0. The van der Waals surface area contributed by atoms with E-state index in [0.717, 1.165) is 31.6 Å². The number of aliphatic hydroxyl groups is 1. The zero-order valence-corrected chi connectivity index (χ0v) is 14.0. The highest BCUT2D eigenvalue weighted by molar-refractivity contribution is 5.79. The van der Waals surface area contributed by atoms with E-state index in [9.17, 15) is 9.90 Å². The molecule has 2 unspecified atom stereocenters. The van der Waals surface area contributed by atoms with Crippen LogP contribution in [0.5, 0.6) is 0 Å². The molecule has 0 heterocycles. The highest BCUT2D eigenvalue weighted by Gasteiger charge is 2.29. The standard InChI is InChI=1S/C18H29NO3/c1-4-10-16(20)17(15-11-8-7-9-12-15)18(21)22-14-13-19(5-2)6-3/h7-9,11-12,16-17,20H,4-6,10,13-14H2,1-3H3. The monoisotopic (exact) mass is 307 g/mol. The number of carbonyl (C=O) groups is 1. The lowest BCUT2D eigenvalue weighted by atomic mass is 9.91. The maximum absolute atomic E-state index is 12.4. The molecule has 0 amide bonds. The Bertz CT molecular complexity index is 418. The van der Waals surface area contributed by atoms with Crippen molar-refractivity contribution in [2.45, 2.75) is 45.6 Å². The lowest BCUT2D eigenvalue weighted by molar-refractivity contribution is -0.148. The van der Waals surface area contributed by atoms with Gasteiger partial charge in [0.15, 0.2) is 0 Å². The van der Waals surface area contributed by atoms with E-state index in [-0.39, 0.29) is 5.97 Å². The lowest BCUT2D eigenvalue weighted by Gasteiger charge is -2.23. The largest absolute Gasteiger partial charge is 0.464 e. The first-order valence-corrected chi connectivity index (χ1v) is 8.25. The summed E-state index contributed by atoms with van der Waals surface area (Å²) in [6.45, 7) is 9.14. The number of benzene rings is 1. The average Bonchev–Trinajstić information content (AvgIpc) is 2.53. The van der Waals surface area contributed by atoms with Crippen molar-refractivity contribution in [3.63, 3.8) is 0 Å². The van der Waals surface area contributed by atoms with Gasteiger partial charge in [-0.25, -0.2) is 0 Å². The molecule has 0 aromatic heterocycles. The number of likely N-dealkylation sites (N-methyl/N-ethyl adjacent to an activating group) is 1. The average molecular weight is 307 g/mol. The third kappa shape index (κ3) is 5.78. The van der Waals surface area contributed by atoms with Gasteiger partial charge in [-0.1, -0.05) is 57.5 Å². The molecule has 0 bridgehead atoms. The molecule has 0 aliphatic carbocycles. The van der Waals surface area contributed by atoms with Gasteiger partial charge >= 0.3 is 5.97 Å². The lowest BCUT2D eigenvalue weighted by Crippen LogP contribution is -2.32. The van der Waals surface area contributed by atoms with Crippen LogP contribution in [0.2, 0.25) is 0 Å². The van der Waals surface area contributed by atoms with Crippen LogP contribution in [0.25, 0.3) is 0 Å². The molecule has 2 atom stereocenters. The Hall–Kier alpha value is -1.39. The third-order valence-corrected chi connectivity index (χ3v) is 3.93. The number of nitrogens with zero attached hydrogens (tertiary/aromatic N) is 1. The van der Waals surface area contributed by atoms with Gasteiger partial charge < -0.3 is 14.7 Å². The summed E-state index contributed by atoms with van der Waals surface area (Å²) in [5, 5.41) is 10.3. The molecule has 1 N–H and O–H groups in total. The van der Waals surface area contributed by atoms with Crippen LogP contribution >= 0.6 is 0 Å². The second kappa shape index (κ2) is 10.4. The minimum absolute atomic E-state index is 0.334. The van der Waals surface area contributed by atoms with E-state index in [2.05, 4.69) is 18.7 Å². The van der Waals surface area contributed by atoms with Crippen LogP contribution in [0, 0.1) is 0 Å². The molecule has 0 saturated heterocycles. The fraction of sp³-hybridized carbons (Fsp3) is 0.611. The molecule has 124 valence electrons. The molecule has 0 aliphatic rings. The molecule has 1 aromatic carbocycles. The van der Waals surface area contributed by atoms with Gasteiger partial charge in [0, 0.05) is 6.54 Å². The predicted molar refractivity (Wildman–Crippen MR) is 88.8 cm³/mol. The highest BCUT2D eigenvalue weighted by atomic mass is 16.5. The van der Waals surface area contributed by atoms with E-state index in [1.54, 1.807) is 0 Å². The smallest absolute Gasteiger partial charge is 0.316 e. The number of rotatable bonds is 10. The molecular weight excluding hydrogens is 278 g/mol. The zero-order valence-electron chi connectivity index (χ0n) is 14.0. The van der Waals surface area contributed by atoms with Crippen LogP contribution in [-0.4, -0.2) is 48.3 Å². The van der Waals surface area contributed by atoms with Crippen LogP contribution < -0.4 is 0 Å². The quantitative estimate of drug-likeness (QED) is 0.675. The number of hydrogen-bond acceptors (Lipinski definition) is 4. The van der Waals surface area contributed by atoms with Crippen molar-refractivity contribution in [2.24, 2.45) is 0 Å². The molecule has 0 spiro atoms. The van der Waals surface area contributed by atoms with Crippen molar-refractivity contribution < 1.29 is 14.6 Å². The van der Waals surface area contributed by atoms with Gasteiger partial charge in [0.2, 0.25) is 0 Å². The Kier molecular flexibility index (Phi) is 8.78. The van der Waals surface area contributed by atoms with Crippen LogP contribution in [0.15, 0.2) is 30.3 Å². The Balaban J connectivity index is 2.68. The highest BCUT2D eigenvalue weighted by Crippen LogP contribution is 2.24. The zero-order chi connectivity index (χ0) is 16.4. The second-order valence-corrected chi connectivity index (χ2v) is 5.44. The normalized spacial score (nSPS) is 13.9. The fourth-order valence-electron chi connectivity index (χ4n) is 2.54. The number of esters is 1. The molecular formula is C18H29NO3. The first-order chi connectivity index (χ1) is 10.6. The molecule has 0 radical (unpaired) electrons. The Labute approximate surface area is 134 Å². The van der Waals surface area contributed by atoms with Crippen LogP contribution in [0.3, 0.4) is 0 Å². The number of aliphatic hydroxyl groups excluding tert-OH is 1. The van der Waals surface area contributed by atoms with E-state index < -0.39 is 12.0 Å². The van der Waals surface area contributed by atoms with E-state index >= 15 is 0 Å². The second-order valence-electron chi connectivity index (χ2n) is 5.44. The molecule has 0 aliphatic heterocycles. The molecule has 0 saturated carbocycles. The maximum Gasteiger partial charge on any atom is 0.316 e. The van der Waals surface area contributed by atoms with Crippen molar-refractivity contribution in [3.05, 3.63) is 35.9 Å². The van der Waals surface area contributed by atoms with Crippen LogP contribution in [0.4, 0.5) is 0 Å². The minimum atomic E-state index is -0.701. The number of ether oxygens (including phenoxy) is 1. The fourth-order valence-corrected chi connectivity index (χ4v) is 2.54. The van der Waals surface area contributed by atoms with Crippen molar-refractivity contribution in [1.82, 2.24) is 4.90 Å². The first-order valence-electron chi connectivity index (χ1n) is 8.25. The van der Waals surface area contributed by atoms with Crippen molar-refractivity contribution in [2.75, 3.05) is 26.2 Å². The summed E-state index contributed by atoms with van der Waals surface area (Å²) in [6.07, 6.45) is 0.718. The molecule has 1 rings (SSSR count). The first kappa shape index (κ1) is 18.7. The molecule has 4 nitrogen and oxygen atoms in total. The molecule has 22 heavy (non-hydrogen) atoms. The van der Waals surface area contributed by atoms with Crippen molar-refractivity contribution in [1.29, 1.82) is 0 Å². The predicted octanol–water partition coefficient (Wildman–Crippen LogP) is 2.82. The van der Waals surface area contributed by atoms with E-state index in [4.69, 9.17) is 4.74 Å². The summed E-state index contributed by atoms with van der Waals surface area (Å²) >= 11 is 0. The summed E-state index contributed by atoms with van der Waals surface area (Å²) in [5.74, 6) is -0.933. The van der Waals surface area contributed by atoms with E-state index in [1.807, 2.05) is 37.3 Å². The molecule has 1 aromatic rings. The van der Waals surface area contributed by atoms with Gasteiger partial charge in [0.25, 0.3) is 0 Å². The van der Waals surface area contributed by atoms with Crippen LogP contribution in [0.1, 0.15) is 45.1 Å². The maximum atomic E-state index is 12.4. The number of carbonyl (C=O) groups excluding carboxylic acids is 1. The van der Waals surface area contributed by atoms with Gasteiger partial charge in [-0.3, -0.25) is 4.79 Å². The Morgan fingerprint density at radius 1 is 1.18 bits per heavy atom. The van der Waals surface area contributed by atoms with E-state index in [1.165, 1.54) is 0 Å². The van der Waals surface area contributed by atoms with Crippen molar-refractivity contribution >= 4 is 5.97 Å². The molecule has 4 heteroatoms. The molecule has 0 fully saturated rings. The number of hydrogen-bond donors (Lipinski definition) is 1. The van der Waals surface area contributed by atoms with Crippen molar-refractivity contribution in [3.8, 4) is 0 Å². The topological polar surface area (TPSA) is 49.8 Å².